The van der Waals surface area contributed by atoms with Crippen LogP contribution in [0.15, 0.2) is 65.1 Å². The van der Waals surface area contributed by atoms with E-state index in [-0.39, 0.29) is 0 Å². The Morgan fingerprint density at radius 2 is 1.75 bits per heavy atom. The monoisotopic (exact) mass is 370 g/mol. The fourth-order valence-electron chi connectivity index (χ4n) is 3.08. The van der Waals surface area contributed by atoms with Gasteiger partial charge in [-0.15, -0.1) is 0 Å². The van der Waals surface area contributed by atoms with Gasteiger partial charge in [0.05, 0.1) is 0 Å². The van der Waals surface area contributed by atoms with E-state index in [0.29, 0.717) is 18.4 Å². The molecule has 4 aromatic rings. The number of ether oxygens (including phenoxy) is 1. The lowest BCUT2D eigenvalue weighted by atomic mass is 10.1. The number of rotatable bonds is 6. The van der Waals surface area contributed by atoms with Crippen LogP contribution in [0, 0.1) is 6.92 Å². The first kappa shape index (κ1) is 18.0. The minimum absolute atomic E-state index is 0.475. The Morgan fingerprint density at radius 3 is 2.54 bits per heavy atom. The summed E-state index contributed by atoms with van der Waals surface area (Å²) in [6.07, 6.45) is 4.74. The SMILES string of the molecule is CCc1cc(C=Cc2nc3ccccc3o2)c(OCc2ccccc2)nc1C. The number of pyridine rings is 1. The lowest BCUT2D eigenvalue weighted by Crippen LogP contribution is -2.02. The first-order valence-electron chi connectivity index (χ1n) is 9.44. The van der Waals surface area contributed by atoms with Crippen molar-refractivity contribution >= 4 is 23.3 Å². The summed E-state index contributed by atoms with van der Waals surface area (Å²) in [6.45, 7) is 4.62. The summed E-state index contributed by atoms with van der Waals surface area (Å²) in [5, 5.41) is 0. The molecule has 0 amide bonds. The second-order valence-electron chi connectivity index (χ2n) is 6.61. The van der Waals surface area contributed by atoms with Crippen LogP contribution in [0.3, 0.4) is 0 Å². The molecule has 0 radical (unpaired) electrons. The summed E-state index contributed by atoms with van der Waals surface area (Å²) in [6, 6.07) is 20.0. The third-order valence-corrected chi connectivity index (χ3v) is 4.63. The van der Waals surface area contributed by atoms with Gasteiger partial charge >= 0.3 is 0 Å². The zero-order valence-corrected chi connectivity index (χ0v) is 16.1. The summed E-state index contributed by atoms with van der Waals surface area (Å²) in [4.78, 5) is 9.19. The molecular weight excluding hydrogens is 348 g/mol. The highest BCUT2D eigenvalue weighted by atomic mass is 16.5. The summed E-state index contributed by atoms with van der Waals surface area (Å²) < 4.78 is 11.8. The highest BCUT2D eigenvalue weighted by Gasteiger charge is 2.09. The van der Waals surface area contributed by atoms with Gasteiger partial charge in [-0.3, -0.25) is 0 Å². The zero-order chi connectivity index (χ0) is 19.3. The van der Waals surface area contributed by atoms with Gasteiger partial charge in [-0.25, -0.2) is 9.97 Å². The largest absolute Gasteiger partial charge is 0.472 e. The van der Waals surface area contributed by atoms with Crippen LogP contribution in [-0.4, -0.2) is 9.97 Å². The molecule has 0 aliphatic heterocycles. The number of benzene rings is 2. The van der Waals surface area contributed by atoms with Crippen LogP contribution in [0.5, 0.6) is 5.88 Å². The zero-order valence-electron chi connectivity index (χ0n) is 16.1. The molecular formula is C24H22N2O2. The lowest BCUT2D eigenvalue weighted by molar-refractivity contribution is 0.292. The first-order chi connectivity index (χ1) is 13.7. The number of hydrogen-bond acceptors (Lipinski definition) is 4. The van der Waals surface area contributed by atoms with E-state index in [1.807, 2.05) is 73.7 Å². The Kier molecular flexibility index (Phi) is 5.20. The second-order valence-corrected chi connectivity index (χ2v) is 6.61. The number of nitrogens with zero attached hydrogens (tertiary/aromatic N) is 2. The minimum atomic E-state index is 0.475. The summed E-state index contributed by atoms with van der Waals surface area (Å²) in [7, 11) is 0. The van der Waals surface area contributed by atoms with E-state index in [2.05, 4.69) is 23.0 Å². The summed E-state index contributed by atoms with van der Waals surface area (Å²) in [5.74, 6) is 1.18. The number of hydrogen-bond donors (Lipinski definition) is 0. The Bertz CT molecular complexity index is 1080. The van der Waals surface area contributed by atoms with E-state index in [9.17, 15) is 0 Å². The highest BCUT2D eigenvalue weighted by molar-refractivity contribution is 5.76. The molecule has 2 aromatic carbocycles. The number of fused-ring (bicyclic) bond motifs is 1. The maximum absolute atomic E-state index is 6.04. The Balaban J connectivity index is 1.63. The molecule has 0 fully saturated rings. The third kappa shape index (κ3) is 3.96. The van der Waals surface area contributed by atoms with Crippen molar-refractivity contribution in [3.63, 3.8) is 0 Å². The number of para-hydroxylation sites is 2. The van der Waals surface area contributed by atoms with Gasteiger partial charge in [0.1, 0.15) is 12.1 Å². The van der Waals surface area contributed by atoms with E-state index < -0.39 is 0 Å². The molecule has 4 nitrogen and oxygen atoms in total. The van der Waals surface area contributed by atoms with Crippen LogP contribution in [0.4, 0.5) is 0 Å². The minimum Gasteiger partial charge on any atom is -0.472 e. The maximum Gasteiger partial charge on any atom is 0.221 e. The van der Waals surface area contributed by atoms with E-state index >= 15 is 0 Å². The van der Waals surface area contributed by atoms with Gasteiger partial charge in [0.25, 0.3) is 0 Å². The fraction of sp³-hybridized carbons (Fsp3) is 0.167. The molecule has 28 heavy (non-hydrogen) atoms. The summed E-state index contributed by atoms with van der Waals surface area (Å²) in [5.41, 5.74) is 5.84. The van der Waals surface area contributed by atoms with Crippen LogP contribution in [0.2, 0.25) is 0 Å². The van der Waals surface area contributed by atoms with Gasteiger partial charge in [0.2, 0.25) is 11.8 Å². The number of aryl methyl sites for hydroxylation is 2. The average Bonchev–Trinajstić information content (AvgIpc) is 3.15. The Labute approximate surface area is 164 Å². The third-order valence-electron chi connectivity index (χ3n) is 4.63. The van der Waals surface area contributed by atoms with Crippen molar-refractivity contribution in [1.82, 2.24) is 9.97 Å². The van der Waals surface area contributed by atoms with Crippen molar-refractivity contribution in [2.45, 2.75) is 26.9 Å². The maximum atomic E-state index is 6.04. The summed E-state index contributed by atoms with van der Waals surface area (Å²) >= 11 is 0. The van der Waals surface area contributed by atoms with Gasteiger partial charge in [0, 0.05) is 17.3 Å². The van der Waals surface area contributed by atoms with Crippen molar-refractivity contribution in [2.24, 2.45) is 0 Å². The molecule has 0 bridgehead atoms. The number of aromatic nitrogens is 2. The predicted molar refractivity (Wildman–Crippen MR) is 112 cm³/mol. The molecule has 2 heterocycles. The van der Waals surface area contributed by atoms with Gasteiger partial charge < -0.3 is 9.15 Å². The molecule has 4 rings (SSSR count). The topological polar surface area (TPSA) is 48.2 Å². The predicted octanol–water partition coefficient (Wildman–Crippen LogP) is 5.84. The molecule has 0 unspecified atom stereocenters. The average molecular weight is 370 g/mol. The van der Waals surface area contributed by atoms with Crippen LogP contribution < -0.4 is 4.74 Å². The highest BCUT2D eigenvalue weighted by Crippen LogP contribution is 2.24. The molecule has 0 saturated carbocycles. The second kappa shape index (κ2) is 8.09. The van der Waals surface area contributed by atoms with Gasteiger partial charge in [0.15, 0.2) is 5.58 Å². The molecule has 140 valence electrons. The molecule has 2 aromatic heterocycles. The normalized spacial score (nSPS) is 11.4. The van der Waals surface area contributed by atoms with Crippen molar-refractivity contribution in [3.8, 4) is 5.88 Å². The number of oxazole rings is 1. The van der Waals surface area contributed by atoms with Crippen molar-refractivity contribution in [2.75, 3.05) is 0 Å². The molecule has 0 aliphatic rings. The van der Waals surface area contributed by atoms with Gasteiger partial charge in [-0.05, 0) is 48.7 Å². The quantitative estimate of drug-likeness (QED) is 0.427. The van der Waals surface area contributed by atoms with Crippen molar-refractivity contribution in [1.29, 1.82) is 0 Å². The van der Waals surface area contributed by atoms with Crippen LogP contribution >= 0.6 is 0 Å². The van der Waals surface area contributed by atoms with Gasteiger partial charge in [-0.2, -0.15) is 0 Å². The molecule has 0 aliphatic carbocycles. The first-order valence-corrected chi connectivity index (χ1v) is 9.44. The Hall–Kier alpha value is -3.40. The Morgan fingerprint density at radius 1 is 0.964 bits per heavy atom. The smallest absolute Gasteiger partial charge is 0.221 e. The molecule has 4 heteroatoms. The molecule has 0 N–H and O–H groups in total. The van der Waals surface area contributed by atoms with E-state index in [1.54, 1.807) is 0 Å². The van der Waals surface area contributed by atoms with Gasteiger partial charge in [-0.1, -0.05) is 49.4 Å². The van der Waals surface area contributed by atoms with Crippen molar-refractivity contribution < 1.29 is 9.15 Å². The van der Waals surface area contributed by atoms with E-state index in [0.717, 1.165) is 34.3 Å². The lowest BCUT2D eigenvalue weighted by Gasteiger charge is -2.12. The van der Waals surface area contributed by atoms with Crippen LogP contribution in [0.25, 0.3) is 23.3 Å². The standard InChI is InChI=1S/C24H22N2O2/c1-3-19-15-20(13-14-23-26-21-11-7-8-12-22(21)28-23)24(25-17(19)2)27-16-18-9-5-4-6-10-18/h4-15H,3,16H2,1-2H3. The molecule has 0 atom stereocenters. The van der Waals surface area contributed by atoms with E-state index in [1.165, 1.54) is 5.56 Å². The van der Waals surface area contributed by atoms with Crippen molar-refractivity contribution in [3.05, 3.63) is 88.9 Å². The fourth-order valence-corrected chi connectivity index (χ4v) is 3.08. The molecule has 0 spiro atoms. The molecule has 0 saturated heterocycles. The van der Waals surface area contributed by atoms with Crippen LogP contribution in [-0.2, 0) is 13.0 Å². The van der Waals surface area contributed by atoms with E-state index in [4.69, 9.17) is 9.15 Å². The van der Waals surface area contributed by atoms with Crippen LogP contribution in [0.1, 0.15) is 35.2 Å².